The summed E-state index contributed by atoms with van der Waals surface area (Å²) in [4.78, 5) is 20.6. The number of carbonyl (C=O) groups is 1. The molecular formula is C22H41N7O2. The number of rotatable bonds is 8. The number of guanidine groups is 1. The van der Waals surface area contributed by atoms with Crippen LogP contribution >= 0.6 is 0 Å². The Bertz CT molecular complexity index is 716. The summed E-state index contributed by atoms with van der Waals surface area (Å²) in [6.07, 6.45) is 1.81. The highest BCUT2D eigenvalue weighted by Crippen LogP contribution is 2.12. The first-order chi connectivity index (χ1) is 14.7. The first kappa shape index (κ1) is 25.0. The minimum Gasteiger partial charge on any atom is -0.444 e. The second-order valence-corrected chi connectivity index (χ2v) is 9.09. The monoisotopic (exact) mass is 435 g/mol. The molecule has 1 aliphatic heterocycles. The Morgan fingerprint density at radius 1 is 1.10 bits per heavy atom. The zero-order chi connectivity index (χ0) is 22.9. The van der Waals surface area contributed by atoms with E-state index in [0.29, 0.717) is 0 Å². The minimum atomic E-state index is -0.441. The molecule has 9 nitrogen and oxygen atoms in total. The number of nitrogens with one attached hydrogen (secondary N) is 2. The van der Waals surface area contributed by atoms with E-state index in [1.165, 1.54) is 5.69 Å². The maximum absolute atomic E-state index is 12.1. The van der Waals surface area contributed by atoms with Crippen molar-refractivity contribution in [2.24, 2.45) is 4.99 Å². The molecule has 0 atom stereocenters. The Morgan fingerprint density at radius 2 is 1.71 bits per heavy atom. The van der Waals surface area contributed by atoms with Crippen molar-refractivity contribution in [3.05, 3.63) is 17.5 Å². The third kappa shape index (κ3) is 9.16. The van der Waals surface area contributed by atoms with E-state index in [1.807, 2.05) is 27.7 Å². The molecule has 0 radical (unpaired) electrons. The summed E-state index contributed by atoms with van der Waals surface area (Å²) >= 11 is 0. The van der Waals surface area contributed by atoms with Crippen LogP contribution in [0.3, 0.4) is 0 Å². The molecule has 1 fully saturated rings. The molecule has 31 heavy (non-hydrogen) atoms. The third-order valence-corrected chi connectivity index (χ3v) is 5.13. The summed E-state index contributed by atoms with van der Waals surface area (Å²) in [6.45, 7) is 16.7. The van der Waals surface area contributed by atoms with Gasteiger partial charge in [-0.25, -0.2) is 4.79 Å². The van der Waals surface area contributed by atoms with E-state index in [9.17, 15) is 4.79 Å². The molecule has 1 aliphatic rings. The molecule has 1 aromatic heterocycles. The fourth-order valence-corrected chi connectivity index (χ4v) is 3.55. The molecule has 0 bridgehead atoms. The molecule has 1 amide bonds. The fourth-order valence-electron chi connectivity index (χ4n) is 3.55. The molecule has 1 saturated heterocycles. The first-order valence-corrected chi connectivity index (χ1v) is 11.3. The SMILES string of the molecule is CN=C(NCCCN1CCN(C(=O)OC(C)(C)C)CC1)NCCCn1nc(C)cc1C. The van der Waals surface area contributed by atoms with E-state index >= 15 is 0 Å². The number of ether oxygens (including phenoxy) is 1. The van der Waals surface area contributed by atoms with Gasteiger partial charge in [0.1, 0.15) is 5.60 Å². The summed E-state index contributed by atoms with van der Waals surface area (Å²) in [7, 11) is 1.80. The molecule has 0 spiro atoms. The number of hydrogen-bond acceptors (Lipinski definition) is 5. The van der Waals surface area contributed by atoms with Gasteiger partial charge in [-0.3, -0.25) is 14.6 Å². The van der Waals surface area contributed by atoms with Crippen LogP contribution in [-0.4, -0.2) is 90.1 Å². The van der Waals surface area contributed by atoms with Gasteiger partial charge < -0.3 is 20.3 Å². The van der Waals surface area contributed by atoms with E-state index in [1.54, 1.807) is 11.9 Å². The second-order valence-electron chi connectivity index (χ2n) is 9.09. The number of aryl methyl sites for hydroxylation is 3. The lowest BCUT2D eigenvalue weighted by Crippen LogP contribution is -2.50. The van der Waals surface area contributed by atoms with Gasteiger partial charge in [0.25, 0.3) is 0 Å². The number of aromatic nitrogens is 2. The lowest BCUT2D eigenvalue weighted by molar-refractivity contribution is 0.0145. The van der Waals surface area contributed by atoms with Gasteiger partial charge >= 0.3 is 6.09 Å². The van der Waals surface area contributed by atoms with Gasteiger partial charge in [-0.1, -0.05) is 0 Å². The summed E-state index contributed by atoms with van der Waals surface area (Å²) in [5, 5.41) is 11.2. The molecule has 0 saturated carbocycles. The molecule has 2 heterocycles. The zero-order valence-electron chi connectivity index (χ0n) is 20.2. The maximum atomic E-state index is 12.1. The summed E-state index contributed by atoms with van der Waals surface area (Å²) in [5.41, 5.74) is 1.82. The molecule has 0 unspecified atom stereocenters. The minimum absolute atomic E-state index is 0.207. The standard InChI is InChI=1S/C22H41N7O2/c1-18-17-19(2)29(26-18)12-8-10-25-20(23-6)24-9-7-11-27-13-15-28(16-14-27)21(30)31-22(3,4)5/h17H,7-16H2,1-6H3,(H2,23,24,25). The van der Waals surface area contributed by atoms with Crippen LogP contribution in [0, 0.1) is 13.8 Å². The van der Waals surface area contributed by atoms with E-state index < -0.39 is 5.60 Å². The van der Waals surface area contributed by atoms with Crippen molar-refractivity contribution in [2.45, 2.75) is 59.6 Å². The molecule has 2 N–H and O–H groups in total. The zero-order valence-corrected chi connectivity index (χ0v) is 20.2. The molecule has 0 aliphatic carbocycles. The molecule has 2 rings (SSSR count). The highest BCUT2D eigenvalue weighted by atomic mass is 16.6. The lowest BCUT2D eigenvalue weighted by Gasteiger charge is -2.35. The Hall–Kier alpha value is -2.29. The van der Waals surface area contributed by atoms with Gasteiger partial charge in [0.15, 0.2) is 5.96 Å². The van der Waals surface area contributed by atoms with E-state index in [-0.39, 0.29) is 6.09 Å². The van der Waals surface area contributed by atoms with Gasteiger partial charge in [-0.05, 0) is 60.1 Å². The number of amides is 1. The normalized spacial score (nSPS) is 15.8. The fraction of sp³-hybridized carbons (Fsp3) is 0.773. The Morgan fingerprint density at radius 3 is 2.23 bits per heavy atom. The molecular weight excluding hydrogens is 394 g/mol. The number of nitrogens with zero attached hydrogens (tertiary/aromatic N) is 5. The molecule has 9 heteroatoms. The van der Waals surface area contributed by atoms with Gasteiger partial charge in [-0.15, -0.1) is 0 Å². The molecule has 0 aromatic carbocycles. The average molecular weight is 436 g/mol. The van der Waals surface area contributed by atoms with Crippen LogP contribution in [0.25, 0.3) is 0 Å². The summed E-state index contributed by atoms with van der Waals surface area (Å²) in [5.74, 6) is 0.836. The van der Waals surface area contributed by atoms with Crippen LogP contribution in [0.15, 0.2) is 11.1 Å². The van der Waals surface area contributed by atoms with Crippen molar-refractivity contribution >= 4 is 12.1 Å². The van der Waals surface area contributed by atoms with Crippen LogP contribution in [-0.2, 0) is 11.3 Å². The highest BCUT2D eigenvalue weighted by Gasteiger charge is 2.25. The summed E-state index contributed by atoms with van der Waals surface area (Å²) in [6, 6.07) is 2.10. The van der Waals surface area contributed by atoms with Crippen molar-refractivity contribution in [1.82, 2.24) is 30.2 Å². The van der Waals surface area contributed by atoms with Gasteiger partial charge in [0, 0.05) is 58.6 Å². The van der Waals surface area contributed by atoms with Crippen LogP contribution in [0.5, 0.6) is 0 Å². The van der Waals surface area contributed by atoms with Crippen LogP contribution in [0.2, 0.25) is 0 Å². The van der Waals surface area contributed by atoms with Crippen molar-refractivity contribution in [3.8, 4) is 0 Å². The number of carbonyl (C=O) groups excluding carboxylic acids is 1. The Balaban J connectivity index is 1.55. The largest absolute Gasteiger partial charge is 0.444 e. The number of piperazine rings is 1. The summed E-state index contributed by atoms with van der Waals surface area (Å²) < 4.78 is 7.51. The topological polar surface area (TPSA) is 87.0 Å². The van der Waals surface area contributed by atoms with Crippen molar-refractivity contribution in [2.75, 3.05) is 52.9 Å². The quantitative estimate of drug-likeness (QED) is 0.369. The van der Waals surface area contributed by atoms with Crippen LogP contribution < -0.4 is 10.6 Å². The van der Waals surface area contributed by atoms with E-state index in [2.05, 4.69) is 43.3 Å². The smallest absolute Gasteiger partial charge is 0.410 e. The van der Waals surface area contributed by atoms with Gasteiger partial charge in [-0.2, -0.15) is 5.10 Å². The van der Waals surface area contributed by atoms with Gasteiger partial charge in [0.05, 0.1) is 5.69 Å². The Labute approximate surface area is 187 Å². The predicted octanol–water partition coefficient (Wildman–Crippen LogP) is 2.00. The van der Waals surface area contributed by atoms with Crippen LogP contribution in [0.4, 0.5) is 4.79 Å². The number of hydrogen-bond donors (Lipinski definition) is 2. The molecule has 176 valence electrons. The average Bonchev–Trinajstić information content (AvgIpc) is 3.02. The Kier molecular flexibility index (Phi) is 9.61. The van der Waals surface area contributed by atoms with Crippen molar-refractivity contribution in [1.29, 1.82) is 0 Å². The third-order valence-electron chi connectivity index (χ3n) is 5.13. The predicted molar refractivity (Wildman–Crippen MR) is 125 cm³/mol. The second kappa shape index (κ2) is 11.9. The van der Waals surface area contributed by atoms with Crippen LogP contribution in [0.1, 0.15) is 45.0 Å². The van der Waals surface area contributed by atoms with Crippen molar-refractivity contribution in [3.63, 3.8) is 0 Å². The van der Waals surface area contributed by atoms with Crippen molar-refractivity contribution < 1.29 is 9.53 Å². The van der Waals surface area contributed by atoms with E-state index in [4.69, 9.17) is 4.74 Å². The maximum Gasteiger partial charge on any atom is 0.410 e. The highest BCUT2D eigenvalue weighted by molar-refractivity contribution is 5.79. The number of aliphatic imine (C=N–C) groups is 1. The lowest BCUT2D eigenvalue weighted by atomic mass is 10.2. The van der Waals surface area contributed by atoms with Gasteiger partial charge in [0.2, 0.25) is 0 Å². The van der Waals surface area contributed by atoms with E-state index in [0.717, 1.165) is 76.9 Å². The first-order valence-electron chi connectivity index (χ1n) is 11.3. The molecule has 1 aromatic rings.